The quantitative estimate of drug-likeness (QED) is 0.549. The zero-order valence-electron chi connectivity index (χ0n) is 18.1. The largest absolute Gasteiger partial charge is 0.455 e. The molecule has 0 bridgehead atoms. The average molecular weight is 430 g/mol. The molecule has 0 spiro atoms. The van der Waals surface area contributed by atoms with Gasteiger partial charge in [-0.2, -0.15) is 0 Å². The van der Waals surface area contributed by atoms with Gasteiger partial charge in [0, 0.05) is 18.8 Å². The van der Waals surface area contributed by atoms with E-state index in [1.807, 2.05) is 85.8 Å². The first kappa shape index (κ1) is 21.4. The molecular weight excluding hydrogens is 402 g/mol. The summed E-state index contributed by atoms with van der Waals surface area (Å²) in [6, 6.07) is 24.3. The third kappa shape index (κ3) is 5.46. The van der Waals surface area contributed by atoms with Crippen molar-refractivity contribution in [1.82, 2.24) is 4.90 Å². The van der Waals surface area contributed by atoms with E-state index in [0.29, 0.717) is 30.3 Å². The number of likely N-dealkylation sites (tertiary alicyclic amines) is 1. The van der Waals surface area contributed by atoms with Crippen LogP contribution in [0.25, 0.3) is 0 Å². The number of nitrogens with one attached hydrogen (secondary N) is 2. The number of anilines is 2. The highest BCUT2D eigenvalue weighted by molar-refractivity contribution is 5.95. The minimum atomic E-state index is -0.281. The molecule has 0 saturated carbocycles. The summed E-state index contributed by atoms with van der Waals surface area (Å²) in [7, 11) is 0. The van der Waals surface area contributed by atoms with Gasteiger partial charge in [0.2, 0.25) is 5.91 Å². The Morgan fingerprint density at radius 2 is 1.72 bits per heavy atom. The fraction of sp³-hybridized carbons (Fsp3) is 0.231. The molecule has 1 fully saturated rings. The van der Waals surface area contributed by atoms with E-state index in [4.69, 9.17) is 4.74 Å². The topological polar surface area (TPSA) is 70.7 Å². The standard InChI is InChI=1S/C26H27N3O3/c1-19-9-7-11-21(17-19)27-26(31)29-16-8-10-20(18-29)25(30)28-23-14-5-6-15-24(23)32-22-12-3-2-4-13-22/h2-7,9,11-15,17,20H,8,10,16,18H2,1H3,(H,27,31)(H,28,30)/t20-/m1/s1. The Balaban J connectivity index is 1.39. The van der Waals surface area contributed by atoms with Gasteiger partial charge in [-0.3, -0.25) is 4.79 Å². The average Bonchev–Trinajstić information content (AvgIpc) is 2.81. The van der Waals surface area contributed by atoms with Gasteiger partial charge < -0.3 is 20.3 Å². The summed E-state index contributed by atoms with van der Waals surface area (Å²) in [6.45, 7) is 3.00. The van der Waals surface area contributed by atoms with Crippen molar-refractivity contribution in [3.8, 4) is 11.5 Å². The van der Waals surface area contributed by atoms with E-state index in [2.05, 4.69) is 10.6 Å². The molecule has 6 heteroatoms. The van der Waals surface area contributed by atoms with Gasteiger partial charge in [-0.1, -0.05) is 42.5 Å². The van der Waals surface area contributed by atoms with Crippen molar-refractivity contribution in [2.75, 3.05) is 23.7 Å². The van der Waals surface area contributed by atoms with Gasteiger partial charge >= 0.3 is 6.03 Å². The summed E-state index contributed by atoms with van der Waals surface area (Å²) in [5.41, 5.74) is 2.45. The maximum Gasteiger partial charge on any atom is 0.321 e. The van der Waals surface area contributed by atoms with E-state index in [1.54, 1.807) is 4.90 Å². The van der Waals surface area contributed by atoms with Crippen molar-refractivity contribution in [2.24, 2.45) is 5.92 Å². The lowest BCUT2D eigenvalue weighted by Crippen LogP contribution is -2.45. The smallest absolute Gasteiger partial charge is 0.321 e. The number of piperidine rings is 1. The Kier molecular flexibility index (Phi) is 6.70. The van der Waals surface area contributed by atoms with Crippen LogP contribution in [0.2, 0.25) is 0 Å². The van der Waals surface area contributed by atoms with Crippen LogP contribution >= 0.6 is 0 Å². The minimum absolute atomic E-state index is 0.109. The van der Waals surface area contributed by atoms with Crippen molar-refractivity contribution in [2.45, 2.75) is 19.8 Å². The van der Waals surface area contributed by atoms with Crippen LogP contribution < -0.4 is 15.4 Å². The van der Waals surface area contributed by atoms with Gasteiger partial charge in [0.05, 0.1) is 11.6 Å². The summed E-state index contributed by atoms with van der Waals surface area (Å²) >= 11 is 0. The molecule has 1 heterocycles. The first-order chi connectivity index (χ1) is 15.6. The van der Waals surface area contributed by atoms with E-state index >= 15 is 0 Å². The zero-order valence-corrected chi connectivity index (χ0v) is 18.1. The fourth-order valence-electron chi connectivity index (χ4n) is 3.81. The van der Waals surface area contributed by atoms with Crippen molar-refractivity contribution < 1.29 is 14.3 Å². The highest BCUT2D eigenvalue weighted by atomic mass is 16.5. The molecule has 6 nitrogen and oxygen atoms in total. The monoisotopic (exact) mass is 429 g/mol. The van der Waals surface area contributed by atoms with Gasteiger partial charge in [0.25, 0.3) is 0 Å². The summed E-state index contributed by atoms with van der Waals surface area (Å²) in [6.07, 6.45) is 1.52. The number of carbonyl (C=O) groups is 2. The molecule has 3 amide bonds. The molecule has 2 N–H and O–H groups in total. The molecular formula is C26H27N3O3. The number of ether oxygens (including phenoxy) is 1. The van der Waals surface area contributed by atoms with Gasteiger partial charge in [-0.15, -0.1) is 0 Å². The number of benzene rings is 3. The van der Waals surface area contributed by atoms with E-state index in [1.165, 1.54) is 0 Å². The van der Waals surface area contributed by atoms with E-state index in [-0.39, 0.29) is 17.9 Å². The summed E-state index contributed by atoms with van der Waals surface area (Å²) in [5.74, 6) is 0.890. The molecule has 0 aliphatic carbocycles. The first-order valence-corrected chi connectivity index (χ1v) is 10.8. The molecule has 0 radical (unpaired) electrons. The molecule has 0 unspecified atom stereocenters. The maximum absolute atomic E-state index is 13.0. The number of rotatable bonds is 5. The maximum atomic E-state index is 13.0. The minimum Gasteiger partial charge on any atom is -0.455 e. The third-order valence-electron chi connectivity index (χ3n) is 5.46. The van der Waals surface area contributed by atoms with Crippen LogP contribution in [0, 0.1) is 12.8 Å². The molecule has 32 heavy (non-hydrogen) atoms. The highest BCUT2D eigenvalue weighted by Crippen LogP contribution is 2.30. The molecule has 3 aromatic carbocycles. The molecule has 1 aliphatic rings. The number of urea groups is 1. The number of hydrogen-bond acceptors (Lipinski definition) is 3. The van der Waals surface area contributed by atoms with Crippen LogP contribution in [0.15, 0.2) is 78.9 Å². The van der Waals surface area contributed by atoms with Crippen LogP contribution in [0.5, 0.6) is 11.5 Å². The predicted molar refractivity (Wildman–Crippen MR) is 126 cm³/mol. The van der Waals surface area contributed by atoms with Crippen LogP contribution in [-0.2, 0) is 4.79 Å². The lowest BCUT2D eigenvalue weighted by Gasteiger charge is -2.32. The molecule has 1 aliphatic heterocycles. The molecule has 4 rings (SSSR count). The third-order valence-corrected chi connectivity index (χ3v) is 5.46. The fourth-order valence-corrected chi connectivity index (χ4v) is 3.81. The first-order valence-electron chi connectivity index (χ1n) is 10.8. The molecule has 3 aromatic rings. The van der Waals surface area contributed by atoms with Crippen LogP contribution in [0.1, 0.15) is 18.4 Å². The van der Waals surface area contributed by atoms with Crippen molar-refractivity contribution in [1.29, 1.82) is 0 Å². The lowest BCUT2D eigenvalue weighted by molar-refractivity contribution is -0.121. The van der Waals surface area contributed by atoms with Gasteiger partial charge in [0.15, 0.2) is 5.75 Å². The second-order valence-corrected chi connectivity index (χ2v) is 7.99. The Hall–Kier alpha value is -3.80. The second-order valence-electron chi connectivity index (χ2n) is 7.99. The predicted octanol–water partition coefficient (Wildman–Crippen LogP) is 5.67. The van der Waals surface area contributed by atoms with Crippen molar-refractivity contribution in [3.05, 3.63) is 84.4 Å². The van der Waals surface area contributed by atoms with E-state index in [0.717, 1.165) is 24.1 Å². The number of carbonyl (C=O) groups excluding carboxylic acids is 2. The Morgan fingerprint density at radius 1 is 0.938 bits per heavy atom. The molecule has 0 aromatic heterocycles. The van der Waals surface area contributed by atoms with Gasteiger partial charge in [0.1, 0.15) is 5.75 Å². The summed E-state index contributed by atoms with van der Waals surface area (Å²) < 4.78 is 5.94. The van der Waals surface area contributed by atoms with Gasteiger partial charge in [-0.05, 0) is 61.7 Å². The Labute approximate surface area is 188 Å². The van der Waals surface area contributed by atoms with Crippen LogP contribution in [0.4, 0.5) is 16.2 Å². The number of amides is 3. The molecule has 1 atom stereocenters. The van der Waals surface area contributed by atoms with Gasteiger partial charge in [-0.25, -0.2) is 4.79 Å². The van der Waals surface area contributed by atoms with Crippen LogP contribution in [-0.4, -0.2) is 29.9 Å². The molecule has 1 saturated heterocycles. The van der Waals surface area contributed by atoms with Crippen molar-refractivity contribution >= 4 is 23.3 Å². The number of hydrogen-bond donors (Lipinski definition) is 2. The zero-order chi connectivity index (χ0) is 22.3. The Morgan fingerprint density at radius 3 is 2.53 bits per heavy atom. The van der Waals surface area contributed by atoms with Crippen molar-refractivity contribution in [3.63, 3.8) is 0 Å². The normalized spacial score (nSPS) is 15.7. The summed E-state index contributed by atoms with van der Waals surface area (Å²) in [4.78, 5) is 27.5. The van der Waals surface area contributed by atoms with Crippen LogP contribution in [0.3, 0.4) is 0 Å². The second kappa shape index (κ2) is 10.0. The van der Waals surface area contributed by atoms with E-state index < -0.39 is 0 Å². The Bertz CT molecular complexity index is 1080. The molecule has 164 valence electrons. The number of para-hydroxylation sites is 3. The number of aryl methyl sites for hydroxylation is 1. The lowest BCUT2D eigenvalue weighted by atomic mass is 9.97. The number of nitrogens with zero attached hydrogens (tertiary/aromatic N) is 1. The highest BCUT2D eigenvalue weighted by Gasteiger charge is 2.29. The summed E-state index contributed by atoms with van der Waals surface area (Å²) in [5, 5.41) is 5.93. The SMILES string of the molecule is Cc1cccc(NC(=O)N2CCC[C@@H](C(=O)Nc3ccccc3Oc3ccccc3)C2)c1. The van der Waals surface area contributed by atoms with E-state index in [9.17, 15) is 9.59 Å².